The first kappa shape index (κ1) is 21.9. The van der Waals surface area contributed by atoms with Gasteiger partial charge in [0.2, 0.25) is 5.91 Å². The first-order valence-electron chi connectivity index (χ1n) is 10.3. The lowest BCUT2D eigenvalue weighted by atomic mass is 9.89. The Morgan fingerprint density at radius 2 is 1.69 bits per heavy atom. The van der Waals surface area contributed by atoms with Crippen molar-refractivity contribution < 1.29 is 27.6 Å². The summed E-state index contributed by atoms with van der Waals surface area (Å²) in [6.45, 7) is 1.54. The van der Waals surface area contributed by atoms with Crippen LogP contribution in [0.2, 0.25) is 0 Å². The molecule has 2 aliphatic rings. The molecule has 0 bridgehead atoms. The number of primary amides is 1. The quantitative estimate of drug-likeness (QED) is 0.737. The minimum atomic E-state index is -4.46. The highest BCUT2D eigenvalue weighted by Gasteiger charge is 2.35. The maximum absolute atomic E-state index is 13.0. The van der Waals surface area contributed by atoms with Gasteiger partial charge in [-0.05, 0) is 36.1 Å². The van der Waals surface area contributed by atoms with Crippen molar-refractivity contribution in [2.45, 2.75) is 25.6 Å². The van der Waals surface area contributed by atoms with Crippen LogP contribution >= 0.6 is 0 Å². The minimum absolute atomic E-state index is 0.0427. The molecule has 0 radical (unpaired) electrons. The Kier molecular flexibility index (Phi) is 5.66. The summed E-state index contributed by atoms with van der Waals surface area (Å²) in [7, 11) is 0. The van der Waals surface area contributed by atoms with Gasteiger partial charge in [-0.1, -0.05) is 30.3 Å². The first-order chi connectivity index (χ1) is 15.1. The summed E-state index contributed by atoms with van der Waals surface area (Å²) in [5, 5.41) is 0. The highest BCUT2D eigenvalue weighted by molar-refractivity contribution is 6.10. The predicted molar refractivity (Wildman–Crippen MR) is 110 cm³/mol. The molecule has 2 N–H and O–H groups in total. The van der Waals surface area contributed by atoms with Crippen LogP contribution in [0.4, 0.5) is 18.0 Å². The third-order valence-electron chi connectivity index (χ3n) is 6.15. The van der Waals surface area contributed by atoms with Crippen LogP contribution in [0.5, 0.6) is 0 Å². The van der Waals surface area contributed by atoms with Gasteiger partial charge in [0.05, 0.1) is 11.5 Å². The zero-order valence-corrected chi connectivity index (χ0v) is 17.2. The van der Waals surface area contributed by atoms with Gasteiger partial charge in [-0.2, -0.15) is 13.2 Å². The van der Waals surface area contributed by atoms with E-state index in [1.807, 2.05) is 6.07 Å². The lowest BCUT2D eigenvalue weighted by molar-refractivity contribution is -0.137. The Bertz CT molecular complexity index is 1070. The van der Waals surface area contributed by atoms with Crippen molar-refractivity contribution in [2.75, 3.05) is 19.6 Å². The van der Waals surface area contributed by atoms with E-state index in [2.05, 4.69) is 0 Å². The molecule has 2 heterocycles. The number of hydrogen-bond acceptors (Lipinski definition) is 3. The Morgan fingerprint density at radius 1 is 0.969 bits per heavy atom. The summed E-state index contributed by atoms with van der Waals surface area (Å²) in [5.74, 6) is -0.678. The van der Waals surface area contributed by atoms with Crippen LogP contribution in [0.25, 0.3) is 0 Å². The topological polar surface area (TPSA) is 83.7 Å². The zero-order valence-electron chi connectivity index (χ0n) is 17.2. The summed E-state index contributed by atoms with van der Waals surface area (Å²) < 4.78 is 38.4. The number of nitrogens with two attached hydrogens (primary N) is 1. The highest BCUT2D eigenvalue weighted by atomic mass is 19.4. The van der Waals surface area contributed by atoms with Crippen molar-refractivity contribution in [3.8, 4) is 0 Å². The van der Waals surface area contributed by atoms with Gasteiger partial charge in [0.25, 0.3) is 0 Å². The van der Waals surface area contributed by atoms with Crippen LogP contribution < -0.4 is 5.73 Å². The molecule has 1 atom stereocenters. The molecule has 0 aromatic heterocycles. The van der Waals surface area contributed by atoms with Gasteiger partial charge in [0.1, 0.15) is 0 Å². The first-order valence-corrected chi connectivity index (χ1v) is 10.3. The standard InChI is InChI=1S/C23H22F3N3O3/c24-23(25,26)17-6-4-14(5-7-17)20(30)19-3-1-2-15-12-28(11-9-18(15)19)21(31)16-8-10-29(13-16)22(27)32/h1-7,16H,8-13H2,(H2,27,32). The summed E-state index contributed by atoms with van der Waals surface area (Å²) in [4.78, 5) is 40.4. The third-order valence-corrected chi connectivity index (χ3v) is 6.15. The van der Waals surface area contributed by atoms with Crippen molar-refractivity contribution in [2.24, 2.45) is 11.7 Å². The van der Waals surface area contributed by atoms with Gasteiger partial charge >= 0.3 is 12.2 Å². The summed E-state index contributed by atoms with van der Waals surface area (Å²) in [6.07, 6.45) is -3.43. The number of likely N-dealkylation sites (tertiary alicyclic amines) is 1. The Labute approximate surface area is 182 Å². The molecule has 1 unspecified atom stereocenters. The van der Waals surface area contributed by atoms with E-state index in [1.165, 1.54) is 17.0 Å². The predicted octanol–water partition coefficient (Wildman–Crippen LogP) is 3.22. The second-order valence-corrected chi connectivity index (χ2v) is 8.13. The molecule has 6 nitrogen and oxygen atoms in total. The number of urea groups is 1. The lowest BCUT2D eigenvalue weighted by Crippen LogP contribution is -2.42. The fourth-order valence-corrected chi connectivity index (χ4v) is 4.40. The Hall–Kier alpha value is -3.36. The molecule has 1 fully saturated rings. The van der Waals surface area contributed by atoms with E-state index >= 15 is 0 Å². The SMILES string of the molecule is NC(=O)N1CCC(C(=O)N2CCc3c(cccc3C(=O)c3ccc(C(F)(F)F)cc3)C2)C1. The number of carbonyl (C=O) groups excluding carboxylic acids is 3. The second-order valence-electron chi connectivity index (χ2n) is 8.13. The lowest BCUT2D eigenvalue weighted by Gasteiger charge is -2.31. The maximum atomic E-state index is 13.0. The number of rotatable bonds is 3. The molecule has 2 aromatic rings. The number of hydrogen-bond donors (Lipinski definition) is 1. The third kappa shape index (κ3) is 4.19. The van der Waals surface area contributed by atoms with Gasteiger partial charge in [-0.25, -0.2) is 4.79 Å². The molecule has 1 saturated heterocycles. The monoisotopic (exact) mass is 445 g/mol. The minimum Gasteiger partial charge on any atom is -0.351 e. The van der Waals surface area contributed by atoms with Crippen molar-refractivity contribution in [1.82, 2.24) is 9.80 Å². The molecular formula is C23H22F3N3O3. The number of alkyl halides is 3. The fourth-order valence-electron chi connectivity index (χ4n) is 4.40. The molecule has 4 rings (SSSR count). The van der Waals surface area contributed by atoms with E-state index in [9.17, 15) is 27.6 Å². The van der Waals surface area contributed by atoms with E-state index in [0.29, 0.717) is 44.6 Å². The molecule has 9 heteroatoms. The van der Waals surface area contributed by atoms with Crippen LogP contribution in [0.15, 0.2) is 42.5 Å². The van der Waals surface area contributed by atoms with Crippen molar-refractivity contribution in [1.29, 1.82) is 0 Å². The van der Waals surface area contributed by atoms with E-state index in [0.717, 1.165) is 23.3 Å². The smallest absolute Gasteiger partial charge is 0.351 e. The largest absolute Gasteiger partial charge is 0.416 e. The molecule has 2 aliphatic heterocycles. The van der Waals surface area contributed by atoms with E-state index in [-0.39, 0.29) is 23.2 Å². The molecule has 3 amide bonds. The van der Waals surface area contributed by atoms with Gasteiger partial charge < -0.3 is 15.5 Å². The van der Waals surface area contributed by atoms with Crippen LogP contribution in [-0.2, 0) is 23.9 Å². The average molecular weight is 445 g/mol. The number of ketones is 1. The van der Waals surface area contributed by atoms with E-state index < -0.39 is 17.8 Å². The van der Waals surface area contributed by atoms with Crippen molar-refractivity contribution >= 4 is 17.7 Å². The number of carbonyl (C=O) groups is 3. The van der Waals surface area contributed by atoms with Gasteiger partial charge in [0.15, 0.2) is 5.78 Å². The van der Waals surface area contributed by atoms with Crippen LogP contribution in [0.3, 0.4) is 0 Å². The van der Waals surface area contributed by atoms with E-state index in [4.69, 9.17) is 5.73 Å². The van der Waals surface area contributed by atoms with Crippen LogP contribution in [0.1, 0.15) is 39.0 Å². The van der Waals surface area contributed by atoms with Crippen molar-refractivity contribution in [3.63, 3.8) is 0 Å². The van der Waals surface area contributed by atoms with Crippen LogP contribution in [0, 0.1) is 5.92 Å². The van der Waals surface area contributed by atoms with Crippen LogP contribution in [-0.4, -0.2) is 47.2 Å². The van der Waals surface area contributed by atoms with Gasteiger partial charge in [-0.3, -0.25) is 9.59 Å². The Morgan fingerprint density at radius 3 is 2.31 bits per heavy atom. The molecule has 0 spiro atoms. The van der Waals surface area contributed by atoms with Gasteiger partial charge in [0, 0.05) is 37.3 Å². The molecule has 0 saturated carbocycles. The highest BCUT2D eigenvalue weighted by Crippen LogP contribution is 2.31. The fraction of sp³-hybridized carbons (Fsp3) is 0.348. The molecular weight excluding hydrogens is 423 g/mol. The number of halogens is 3. The molecule has 32 heavy (non-hydrogen) atoms. The second kappa shape index (κ2) is 8.29. The normalized spacial score (nSPS) is 18.4. The summed E-state index contributed by atoms with van der Waals surface area (Å²) in [5.41, 5.74) is 6.77. The Balaban J connectivity index is 1.51. The number of benzene rings is 2. The maximum Gasteiger partial charge on any atom is 0.416 e. The van der Waals surface area contributed by atoms with Crippen molar-refractivity contribution in [3.05, 3.63) is 70.3 Å². The molecule has 2 aromatic carbocycles. The van der Waals surface area contributed by atoms with E-state index in [1.54, 1.807) is 17.0 Å². The average Bonchev–Trinajstić information content (AvgIpc) is 3.27. The summed E-state index contributed by atoms with van der Waals surface area (Å²) in [6, 6.07) is 8.88. The number of amides is 3. The van der Waals surface area contributed by atoms with Gasteiger partial charge in [-0.15, -0.1) is 0 Å². The summed E-state index contributed by atoms with van der Waals surface area (Å²) >= 11 is 0. The number of fused-ring (bicyclic) bond motifs is 1. The number of nitrogens with zero attached hydrogens (tertiary/aromatic N) is 2. The zero-order chi connectivity index (χ0) is 23.0. The molecule has 168 valence electrons. The molecule has 0 aliphatic carbocycles.